The number of amides is 3. The van der Waals surface area contributed by atoms with Crippen LogP contribution in [0, 0.1) is 0 Å². The van der Waals surface area contributed by atoms with E-state index in [2.05, 4.69) is 20.5 Å². The van der Waals surface area contributed by atoms with Crippen LogP contribution < -0.4 is 10.6 Å². The third-order valence-electron chi connectivity index (χ3n) is 7.21. The molecule has 2 unspecified atom stereocenters. The van der Waals surface area contributed by atoms with Gasteiger partial charge in [-0.2, -0.15) is 0 Å². The average molecular weight is 427 g/mol. The molecule has 9 nitrogen and oxygen atoms in total. The molecule has 0 bridgehead atoms. The first-order valence-corrected chi connectivity index (χ1v) is 11.4. The van der Waals surface area contributed by atoms with E-state index in [9.17, 15) is 14.4 Å². The van der Waals surface area contributed by atoms with Crippen LogP contribution in [0.15, 0.2) is 18.3 Å². The maximum absolute atomic E-state index is 13.0. The first-order valence-electron chi connectivity index (χ1n) is 11.4. The second kappa shape index (κ2) is 8.11. The standard InChI is InChI=1S/C22H30N6O3/c29-18-6-7-22(24-20-17(21(31)25-22)5-3-9-23-20)8-11-27(18)15-19(30)28-13-12-26-10-2-1-4-16(26)14-28/h3,5,9,16H,1-2,4,6-8,10-15H2,(H,23,24)(H,25,31). The van der Waals surface area contributed by atoms with Gasteiger partial charge in [-0.15, -0.1) is 0 Å². The molecule has 4 aliphatic rings. The van der Waals surface area contributed by atoms with Gasteiger partial charge in [-0.3, -0.25) is 19.3 Å². The number of fused-ring (bicyclic) bond motifs is 2. The van der Waals surface area contributed by atoms with Crippen LogP contribution in [0.4, 0.5) is 5.82 Å². The Morgan fingerprint density at radius 1 is 1.13 bits per heavy atom. The molecule has 2 N–H and O–H groups in total. The lowest BCUT2D eigenvalue weighted by Gasteiger charge is -2.44. The molecule has 1 aromatic rings. The number of carbonyl (C=O) groups is 3. The van der Waals surface area contributed by atoms with Crippen LogP contribution in [0.1, 0.15) is 48.9 Å². The number of anilines is 1. The summed E-state index contributed by atoms with van der Waals surface area (Å²) in [4.78, 5) is 48.8. The van der Waals surface area contributed by atoms with Gasteiger partial charge in [0.15, 0.2) is 0 Å². The molecule has 3 saturated heterocycles. The summed E-state index contributed by atoms with van der Waals surface area (Å²) < 4.78 is 0. The number of hydrogen-bond donors (Lipinski definition) is 2. The van der Waals surface area contributed by atoms with Gasteiger partial charge in [0.25, 0.3) is 5.91 Å². The average Bonchev–Trinajstić information content (AvgIpc) is 2.93. The molecular weight excluding hydrogens is 396 g/mol. The fourth-order valence-corrected chi connectivity index (χ4v) is 5.35. The third-order valence-corrected chi connectivity index (χ3v) is 7.21. The molecule has 0 saturated carbocycles. The molecule has 5 heterocycles. The smallest absolute Gasteiger partial charge is 0.256 e. The van der Waals surface area contributed by atoms with Gasteiger partial charge in [0.1, 0.15) is 11.5 Å². The van der Waals surface area contributed by atoms with Gasteiger partial charge < -0.3 is 20.4 Å². The van der Waals surface area contributed by atoms with Gasteiger partial charge in [-0.05, 0) is 37.9 Å². The molecule has 4 aliphatic heterocycles. The maximum atomic E-state index is 13.0. The highest BCUT2D eigenvalue weighted by Gasteiger charge is 2.41. The number of rotatable bonds is 2. The molecular formula is C22H30N6O3. The van der Waals surface area contributed by atoms with Gasteiger partial charge in [0, 0.05) is 51.3 Å². The molecule has 0 radical (unpaired) electrons. The molecule has 0 aromatic carbocycles. The molecule has 2 atom stereocenters. The quantitative estimate of drug-likeness (QED) is 0.720. The summed E-state index contributed by atoms with van der Waals surface area (Å²) in [6, 6.07) is 3.93. The van der Waals surface area contributed by atoms with E-state index in [0.29, 0.717) is 36.8 Å². The lowest BCUT2D eigenvalue weighted by molar-refractivity contribution is -0.142. The van der Waals surface area contributed by atoms with E-state index in [4.69, 9.17) is 0 Å². The molecule has 3 fully saturated rings. The van der Waals surface area contributed by atoms with E-state index < -0.39 is 5.66 Å². The second-order valence-corrected chi connectivity index (χ2v) is 9.15. The lowest BCUT2D eigenvalue weighted by Crippen LogP contribution is -2.58. The van der Waals surface area contributed by atoms with Crippen molar-refractivity contribution in [3.63, 3.8) is 0 Å². The number of likely N-dealkylation sites (tertiary alicyclic amines) is 1. The van der Waals surface area contributed by atoms with E-state index in [1.165, 1.54) is 12.8 Å². The lowest BCUT2D eigenvalue weighted by atomic mass is 9.97. The van der Waals surface area contributed by atoms with Crippen LogP contribution in [-0.4, -0.2) is 88.4 Å². The summed E-state index contributed by atoms with van der Waals surface area (Å²) in [7, 11) is 0. The van der Waals surface area contributed by atoms with Gasteiger partial charge in [-0.1, -0.05) is 6.42 Å². The van der Waals surface area contributed by atoms with Crippen molar-refractivity contribution in [1.82, 2.24) is 25.0 Å². The zero-order valence-electron chi connectivity index (χ0n) is 17.8. The van der Waals surface area contributed by atoms with E-state index in [0.717, 1.165) is 32.6 Å². The Labute approximate surface area is 182 Å². The van der Waals surface area contributed by atoms with E-state index in [-0.39, 0.29) is 30.7 Å². The fourth-order valence-electron chi connectivity index (χ4n) is 5.35. The maximum Gasteiger partial charge on any atom is 0.256 e. The van der Waals surface area contributed by atoms with Crippen molar-refractivity contribution in [2.45, 2.75) is 50.2 Å². The van der Waals surface area contributed by atoms with Crippen molar-refractivity contribution in [2.24, 2.45) is 0 Å². The zero-order chi connectivity index (χ0) is 21.4. The third kappa shape index (κ3) is 3.98. The number of aromatic nitrogens is 1. The van der Waals surface area contributed by atoms with E-state index in [1.54, 1.807) is 23.2 Å². The fraction of sp³-hybridized carbons (Fsp3) is 0.636. The highest BCUT2D eigenvalue weighted by Crippen LogP contribution is 2.30. The van der Waals surface area contributed by atoms with E-state index >= 15 is 0 Å². The molecule has 3 amide bonds. The summed E-state index contributed by atoms with van der Waals surface area (Å²) in [5, 5.41) is 6.40. The number of nitrogens with one attached hydrogen (secondary N) is 2. The zero-order valence-corrected chi connectivity index (χ0v) is 17.8. The highest BCUT2D eigenvalue weighted by atomic mass is 16.2. The van der Waals surface area contributed by atoms with Crippen molar-refractivity contribution >= 4 is 23.5 Å². The molecule has 0 aliphatic carbocycles. The Kier molecular flexibility index (Phi) is 5.29. The SMILES string of the molecule is O=C1NC2(CCC(=O)N(CC(=O)N3CCN4CCCCC4C3)CC2)Nc2ncccc21. The minimum Gasteiger partial charge on any atom is -0.347 e. The molecule has 1 spiro atoms. The molecule has 5 rings (SSSR count). The highest BCUT2D eigenvalue weighted by molar-refractivity contribution is 6.01. The van der Waals surface area contributed by atoms with Gasteiger partial charge in [-0.25, -0.2) is 4.98 Å². The van der Waals surface area contributed by atoms with Crippen molar-refractivity contribution in [3.8, 4) is 0 Å². The number of pyridine rings is 1. The largest absolute Gasteiger partial charge is 0.347 e. The Hall–Kier alpha value is -2.68. The molecule has 1 aromatic heterocycles. The summed E-state index contributed by atoms with van der Waals surface area (Å²) in [6.07, 6.45) is 6.56. The monoisotopic (exact) mass is 426 g/mol. The Balaban J connectivity index is 1.23. The molecule has 31 heavy (non-hydrogen) atoms. The normalized spacial score (nSPS) is 29.0. The van der Waals surface area contributed by atoms with Crippen LogP contribution in [-0.2, 0) is 9.59 Å². The van der Waals surface area contributed by atoms with Crippen molar-refractivity contribution < 1.29 is 14.4 Å². The molecule has 9 heteroatoms. The summed E-state index contributed by atoms with van der Waals surface area (Å²) in [5.74, 6) is 0.365. The summed E-state index contributed by atoms with van der Waals surface area (Å²) in [5.41, 5.74) is -0.197. The number of nitrogens with zero attached hydrogens (tertiary/aromatic N) is 4. The van der Waals surface area contributed by atoms with Crippen molar-refractivity contribution in [2.75, 3.05) is 44.6 Å². The number of hydrogen-bond acceptors (Lipinski definition) is 6. The number of piperazine rings is 1. The minimum atomic E-state index is -0.709. The Morgan fingerprint density at radius 2 is 2.03 bits per heavy atom. The minimum absolute atomic E-state index is 0.0298. The van der Waals surface area contributed by atoms with Crippen LogP contribution in [0.3, 0.4) is 0 Å². The summed E-state index contributed by atoms with van der Waals surface area (Å²) in [6.45, 7) is 4.10. The molecule has 166 valence electrons. The van der Waals surface area contributed by atoms with Gasteiger partial charge >= 0.3 is 0 Å². The second-order valence-electron chi connectivity index (χ2n) is 9.15. The van der Waals surface area contributed by atoms with Crippen LogP contribution in [0.5, 0.6) is 0 Å². The van der Waals surface area contributed by atoms with Gasteiger partial charge in [0.2, 0.25) is 11.8 Å². The van der Waals surface area contributed by atoms with Crippen LogP contribution in [0.25, 0.3) is 0 Å². The number of carbonyl (C=O) groups excluding carboxylic acids is 3. The first kappa shape index (κ1) is 20.2. The first-order chi connectivity index (χ1) is 15.0. The van der Waals surface area contributed by atoms with E-state index in [1.807, 2.05) is 4.90 Å². The predicted octanol–water partition coefficient (Wildman–Crippen LogP) is 0.642. The van der Waals surface area contributed by atoms with Crippen molar-refractivity contribution in [3.05, 3.63) is 23.9 Å². The summed E-state index contributed by atoms with van der Waals surface area (Å²) >= 11 is 0. The Bertz CT molecular complexity index is 892. The van der Waals surface area contributed by atoms with Crippen molar-refractivity contribution in [1.29, 1.82) is 0 Å². The Morgan fingerprint density at radius 3 is 2.94 bits per heavy atom. The van der Waals surface area contributed by atoms with Crippen LogP contribution in [0.2, 0.25) is 0 Å². The topological polar surface area (TPSA) is 97.9 Å². The van der Waals surface area contributed by atoms with Crippen LogP contribution >= 0.6 is 0 Å². The van der Waals surface area contributed by atoms with Gasteiger partial charge in [0.05, 0.1) is 12.1 Å². The number of piperidine rings is 1. The predicted molar refractivity (Wildman–Crippen MR) is 114 cm³/mol.